The second kappa shape index (κ2) is 13.5. The molecule has 218 valence electrons. The lowest BCUT2D eigenvalue weighted by atomic mass is 9.96. The zero-order valence-electron chi connectivity index (χ0n) is 23.0. The lowest BCUT2D eigenvalue weighted by Crippen LogP contribution is -2.42. The van der Waals surface area contributed by atoms with Gasteiger partial charge in [-0.15, -0.1) is 0 Å². The number of aromatic nitrogens is 1. The van der Waals surface area contributed by atoms with E-state index in [9.17, 15) is 18.0 Å². The fraction of sp³-hybridized carbons (Fsp3) is 0.250. The largest absolute Gasteiger partial charge is 0.489 e. The van der Waals surface area contributed by atoms with Crippen LogP contribution in [0.25, 0.3) is 11.1 Å². The Labute approximate surface area is 242 Å². The molecule has 3 N–H and O–H groups in total. The fourth-order valence-electron chi connectivity index (χ4n) is 4.79. The van der Waals surface area contributed by atoms with Gasteiger partial charge in [0.1, 0.15) is 12.4 Å². The molecule has 4 aromatic rings. The van der Waals surface area contributed by atoms with Crippen molar-refractivity contribution in [3.05, 3.63) is 114 Å². The van der Waals surface area contributed by atoms with E-state index in [2.05, 4.69) is 25.8 Å². The number of carbonyl (C=O) groups is 1. The predicted octanol–water partition coefficient (Wildman–Crippen LogP) is 6.07. The summed E-state index contributed by atoms with van der Waals surface area (Å²) in [4.78, 5) is 18.6. The van der Waals surface area contributed by atoms with Crippen LogP contribution >= 0.6 is 0 Å². The van der Waals surface area contributed by atoms with Gasteiger partial charge in [-0.05, 0) is 76.3 Å². The number of carbonyl (C=O) groups excluding carboxylic acids is 1. The molecule has 5 rings (SSSR count). The van der Waals surface area contributed by atoms with E-state index < -0.39 is 11.7 Å². The van der Waals surface area contributed by atoms with Crippen molar-refractivity contribution >= 4 is 11.7 Å². The normalized spacial score (nSPS) is 13.9. The topological polar surface area (TPSA) is 78.5 Å². The highest BCUT2D eigenvalue weighted by Crippen LogP contribution is 2.34. The molecular weight excluding hydrogens is 543 g/mol. The maximum absolute atomic E-state index is 13.6. The fourth-order valence-corrected chi connectivity index (χ4v) is 4.79. The van der Waals surface area contributed by atoms with Gasteiger partial charge < -0.3 is 20.7 Å². The van der Waals surface area contributed by atoms with Gasteiger partial charge in [-0.2, -0.15) is 13.2 Å². The van der Waals surface area contributed by atoms with E-state index in [1.165, 1.54) is 6.07 Å². The Morgan fingerprint density at radius 2 is 1.74 bits per heavy atom. The number of nitrogens with zero attached hydrogens (tertiary/aromatic N) is 2. The van der Waals surface area contributed by atoms with Gasteiger partial charge in [0.2, 0.25) is 0 Å². The molecule has 0 atom stereocenters. The monoisotopic (exact) mass is 575 g/mol. The zero-order valence-corrected chi connectivity index (χ0v) is 23.0. The standard InChI is InChI=1S/C32H32F3N5O2/c33-32(34,35)27-6-11-30(25-5-1-3-23(17-25)21-40-15-13-36-14-16-40)26(18-27)22-42-29-9-7-28(8-10-29)39-31(41)38-20-24-4-2-12-37-19-24/h1-12,17-19,36H,13-16,20-22H2,(H2,38,39,41). The number of benzene rings is 3. The van der Waals surface area contributed by atoms with Crippen molar-refractivity contribution in [1.29, 1.82) is 0 Å². The number of piperazine rings is 1. The molecule has 0 spiro atoms. The molecule has 2 heterocycles. The third-order valence-corrected chi connectivity index (χ3v) is 6.97. The molecule has 1 aromatic heterocycles. The quantitative estimate of drug-likeness (QED) is 0.226. The number of hydrogen-bond donors (Lipinski definition) is 3. The van der Waals surface area contributed by atoms with Crippen LogP contribution in [-0.2, 0) is 25.9 Å². The van der Waals surface area contributed by atoms with E-state index in [4.69, 9.17) is 4.74 Å². The first-order valence-corrected chi connectivity index (χ1v) is 13.7. The number of hydrogen-bond acceptors (Lipinski definition) is 5. The van der Waals surface area contributed by atoms with E-state index in [0.717, 1.165) is 61.5 Å². The highest BCUT2D eigenvalue weighted by Gasteiger charge is 2.31. The second-order valence-electron chi connectivity index (χ2n) is 10.1. The van der Waals surface area contributed by atoms with Gasteiger partial charge in [-0.3, -0.25) is 9.88 Å². The van der Waals surface area contributed by atoms with Crippen LogP contribution in [0.5, 0.6) is 5.75 Å². The molecule has 0 aliphatic carbocycles. The van der Waals surface area contributed by atoms with Crippen LogP contribution in [0.3, 0.4) is 0 Å². The molecule has 1 aliphatic rings. The van der Waals surface area contributed by atoms with E-state index in [0.29, 0.717) is 29.1 Å². The van der Waals surface area contributed by atoms with Crippen molar-refractivity contribution in [2.24, 2.45) is 0 Å². The highest BCUT2D eigenvalue weighted by atomic mass is 19.4. The van der Waals surface area contributed by atoms with Gasteiger partial charge in [0, 0.05) is 57.3 Å². The number of ether oxygens (including phenoxy) is 1. The SMILES string of the molecule is O=C(NCc1cccnc1)Nc1ccc(OCc2cc(C(F)(F)F)ccc2-c2cccc(CN3CCNCC3)c2)cc1. The lowest BCUT2D eigenvalue weighted by Gasteiger charge is -2.27. The van der Waals surface area contributed by atoms with Crippen molar-refractivity contribution < 1.29 is 22.7 Å². The average Bonchev–Trinajstić information content (AvgIpc) is 3.00. The molecule has 1 saturated heterocycles. The molecule has 1 aliphatic heterocycles. The number of urea groups is 1. The third kappa shape index (κ3) is 8.08. The Kier molecular flexibility index (Phi) is 9.35. The molecular formula is C32H32F3N5O2. The van der Waals surface area contributed by atoms with Crippen LogP contribution in [0.1, 0.15) is 22.3 Å². The minimum Gasteiger partial charge on any atom is -0.489 e. The third-order valence-electron chi connectivity index (χ3n) is 6.97. The number of pyridine rings is 1. The van der Waals surface area contributed by atoms with Gasteiger partial charge >= 0.3 is 12.2 Å². The van der Waals surface area contributed by atoms with Gasteiger partial charge in [-0.25, -0.2) is 4.79 Å². The van der Waals surface area contributed by atoms with E-state index in [1.54, 1.807) is 42.7 Å². The summed E-state index contributed by atoms with van der Waals surface area (Å²) in [6, 6.07) is 21.7. The summed E-state index contributed by atoms with van der Waals surface area (Å²) in [5, 5.41) is 8.84. The number of anilines is 1. The number of rotatable bonds is 9. The van der Waals surface area contributed by atoms with Crippen molar-refractivity contribution in [3.63, 3.8) is 0 Å². The summed E-state index contributed by atoms with van der Waals surface area (Å²) in [5.74, 6) is 0.465. The van der Waals surface area contributed by atoms with E-state index in [1.807, 2.05) is 30.3 Å². The summed E-state index contributed by atoms with van der Waals surface area (Å²) in [7, 11) is 0. The van der Waals surface area contributed by atoms with Crippen LogP contribution in [0.15, 0.2) is 91.3 Å². The molecule has 0 saturated carbocycles. The lowest BCUT2D eigenvalue weighted by molar-refractivity contribution is -0.137. The maximum Gasteiger partial charge on any atom is 0.416 e. The Hall–Kier alpha value is -4.41. The first-order chi connectivity index (χ1) is 20.3. The molecule has 0 bridgehead atoms. The minimum absolute atomic E-state index is 0.0559. The summed E-state index contributed by atoms with van der Waals surface area (Å²) in [5.41, 5.74) is 3.76. The van der Waals surface area contributed by atoms with Gasteiger partial charge in [-0.1, -0.05) is 30.3 Å². The van der Waals surface area contributed by atoms with Crippen LogP contribution in [0.4, 0.5) is 23.7 Å². The first kappa shape index (κ1) is 29.1. The molecule has 1 fully saturated rings. The summed E-state index contributed by atoms with van der Waals surface area (Å²) >= 11 is 0. The summed E-state index contributed by atoms with van der Waals surface area (Å²) < 4.78 is 46.7. The van der Waals surface area contributed by atoms with E-state index >= 15 is 0 Å². The Morgan fingerprint density at radius 3 is 2.48 bits per heavy atom. The molecule has 3 aromatic carbocycles. The number of amides is 2. The molecule has 10 heteroatoms. The summed E-state index contributed by atoms with van der Waals surface area (Å²) in [6.07, 6.45) is -1.14. The Morgan fingerprint density at radius 1 is 0.952 bits per heavy atom. The minimum atomic E-state index is -4.47. The maximum atomic E-state index is 13.6. The van der Waals surface area contributed by atoms with Gasteiger partial charge in [0.25, 0.3) is 0 Å². The zero-order chi connectivity index (χ0) is 29.4. The van der Waals surface area contributed by atoms with Crippen LogP contribution < -0.4 is 20.7 Å². The van der Waals surface area contributed by atoms with Gasteiger partial charge in [0.15, 0.2) is 0 Å². The average molecular weight is 576 g/mol. The van der Waals surface area contributed by atoms with Crippen LogP contribution in [0, 0.1) is 0 Å². The molecule has 42 heavy (non-hydrogen) atoms. The van der Waals surface area contributed by atoms with E-state index in [-0.39, 0.29) is 12.6 Å². The number of alkyl halides is 3. The van der Waals surface area contributed by atoms with Crippen molar-refractivity contribution in [3.8, 4) is 16.9 Å². The number of nitrogens with one attached hydrogen (secondary N) is 3. The molecule has 2 amide bonds. The molecule has 7 nitrogen and oxygen atoms in total. The first-order valence-electron chi connectivity index (χ1n) is 13.7. The summed E-state index contributed by atoms with van der Waals surface area (Å²) in [6.45, 7) is 4.84. The Bertz CT molecular complexity index is 1470. The van der Waals surface area contributed by atoms with Crippen LogP contribution in [-0.4, -0.2) is 42.1 Å². The number of halogens is 3. The second-order valence-corrected chi connectivity index (χ2v) is 10.1. The Balaban J connectivity index is 1.26. The highest BCUT2D eigenvalue weighted by molar-refractivity contribution is 5.89. The van der Waals surface area contributed by atoms with Crippen molar-refractivity contribution in [2.45, 2.75) is 25.9 Å². The van der Waals surface area contributed by atoms with Crippen molar-refractivity contribution in [1.82, 2.24) is 20.5 Å². The smallest absolute Gasteiger partial charge is 0.416 e. The van der Waals surface area contributed by atoms with Crippen molar-refractivity contribution in [2.75, 3.05) is 31.5 Å². The van der Waals surface area contributed by atoms with Gasteiger partial charge in [0.05, 0.1) is 5.56 Å². The molecule has 0 radical (unpaired) electrons. The van der Waals surface area contributed by atoms with Crippen LogP contribution in [0.2, 0.25) is 0 Å². The predicted molar refractivity (Wildman–Crippen MR) is 156 cm³/mol. The molecule has 0 unspecified atom stereocenters.